The van der Waals surface area contributed by atoms with Crippen LogP contribution in [0.15, 0.2) is 66.3 Å². The van der Waals surface area contributed by atoms with E-state index in [-0.39, 0.29) is 18.0 Å². The first kappa shape index (κ1) is 23.1. The predicted molar refractivity (Wildman–Crippen MR) is 142 cm³/mol. The van der Waals surface area contributed by atoms with E-state index in [4.69, 9.17) is 11.5 Å². The molecule has 1 aliphatic rings. The summed E-state index contributed by atoms with van der Waals surface area (Å²) in [6.07, 6.45) is 5.78. The summed E-state index contributed by atoms with van der Waals surface area (Å²) in [7, 11) is 0. The zero-order valence-corrected chi connectivity index (χ0v) is 20.4. The van der Waals surface area contributed by atoms with Crippen molar-refractivity contribution in [2.45, 2.75) is 31.8 Å². The van der Waals surface area contributed by atoms with Gasteiger partial charge in [0.05, 0.1) is 23.6 Å². The molecule has 0 radical (unpaired) electrons. The number of nitrogens with zero attached hydrogens (tertiary/aromatic N) is 4. The molecule has 1 amide bonds. The third kappa shape index (κ3) is 5.06. The van der Waals surface area contributed by atoms with Crippen LogP contribution in [0, 0.1) is 0 Å². The molecule has 9 heteroatoms. The molecule has 2 atom stereocenters. The zero-order chi connectivity index (χ0) is 24.4. The highest BCUT2D eigenvalue weighted by atomic mass is 32.1. The van der Waals surface area contributed by atoms with E-state index >= 15 is 0 Å². The number of anilines is 3. The average molecular weight is 488 g/mol. The maximum absolute atomic E-state index is 13.1. The van der Waals surface area contributed by atoms with E-state index < -0.39 is 0 Å². The second-order valence-electron chi connectivity index (χ2n) is 8.91. The molecular formula is C26H29N7OS. The summed E-state index contributed by atoms with van der Waals surface area (Å²) in [5, 5.41) is 10.1. The number of thiazole rings is 1. The van der Waals surface area contributed by atoms with Crippen LogP contribution >= 0.6 is 11.3 Å². The van der Waals surface area contributed by atoms with Gasteiger partial charge < -0.3 is 21.7 Å². The minimum Gasteiger partial charge on any atom is -0.399 e. The van der Waals surface area contributed by atoms with Crippen LogP contribution in [0.25, 0.3) is 10.6 Å². The third-order valence-electron chi connectivity index (χ3n) is 6.33. The van der Waals surface area contributed by atoms with Gasteiger partial charge in [-0.1, -0.05) is 30.3 Å². The molecular weight excluding hydrogens is 458 g/mol. The fourth-order valence-electron chi connectivity index (χ4n) is 4.40. The number of hydrogen-bond acceptors (Lipinski definition) is 7. The fourth-order valence-corrected chi connectivity index (χ4v) is 5.18. The third-order valence-corrected chi connectivity index (χ3v) is 7.22. The molecule has 4 aromatic rings. The van der Waals surface area contributed by atoms with E-state index in [1.807, 2.05) is 41.2 Å². The molecule has 0 aliphatic carbocycles. The van der Waals surface area contributed by atoms with Crippen molar-refractivity contribution in [2.24, 2.45) is 5.73 Å². The summed E-state index contributed by atoms with van der Waals surface area (Å²) in [5.74, 6) is -0.272. The van der Waals surface area contributed by atoms with Crippen molar-refractivity contribution in [3.05, 3.63) is 77.6 Å². The Morgan fingerprint density at radius 1 is 1.23 bits per heavy atom. The molecule has 2 aromatic heterocycles. The van der Waals surface area contributed by atoms with Crippen molar-refractivity contribution in [3.63, 3.8) is 0 Å². The molecule has 8 nitrogen and oxygen atoms in total. The van der Waals surface area contributed by atoms with Gasteiger partial charge >= 0.3 is 0 Å². The van der Waals surface area contributed by atoms with E-state index in [9.17, 15) is 4.79 Å². The lowest BCUT2D eigenvalue weighted by Gasteiger charge is -2.34. The number of nitrogens with two attached hydrogens (primary N) is 2. The Balaban J connectivity index is 1.33. The Morgan fingerprint density at radius 2 is 2.06 bits per heavy atom. The topological polar surface area (TPSA) is 115 Å². The summed E-state index contributed by atoms with van der Waals surface area (Å²) < 4.78 is 1.91. The van der Waals surface area contributed by atoms with Gasteiger partial charge in [0.15, 0.2) is 0 Å². The van der Waals surface area contributed by atoms with Gasteiger partial charge in [-0.05, 0) is 43.5 Å². The van der Waals surface area contributed by atoms with E-state index in [0.29, 0.717) is 17.1 Å². The number of benzene rings is 2. The molecule has 0 saturated carbocycles. The number of carbonyl (C=O) groups excluding carboxylic acids is 1. The number of amides is 1. The maximum Gasteiger partial charge on any atom is 0.275 e. The van der Waals surface area contributed by atoms with Gasteiger partial charge in [0, 0.05) is 42.0 Å². The normalized spacial score (nSPS) is 16.7. The molecule has 0 spiro atoms. The molecule has 5 N–H and O–H groups in total. The van der Waals surface area contributed by atoms with Crippen LogP contribution in [0.4, 0.5) is 17.1 Å². The standard InChI is InChI=1S/C26H29N7OS/c1-17(18-6-3-2-4-7-18)33-14-19(13-29-33)26-31-23(16-35-26)25(34)30-22-12-20(27)9-10-24(22)32-11-5-8-21(28)15-32/h2-4,6-7,9-10,12-14,16-17,21H,5,8,11,15,27-28H2,1H3,(H,30,34). The minimum absolute atomic E-state index is 0.0950. The molecule has 35 heavy (non-hydrogen) atoms. The second-order valence-corrected chi connectivity index (χ2v) is 9.77. The van der Waals surface area contributed by atoms with E-state index in [1.165, 1.54) is 16.9 Å². The first-order valence-corrected chi connectivity index (χ1v) is 12.6. The fraction of sp³-hybridized carbons (Fsp3) is 0.269. The van der Waals surface area contributed by atoms with E-state index in [0.717, 1.165) is 42.2 Å². The van der Waals surface area contributed by atoms with E-state index in [2.05, 4.69) is 39.4 Å². The van der Waals surface area contributed by atoms with Crippen molar-refractivity contribution in [1.29, 1.82) is 0 Å². The molecule has 1 fully saturated rings. The molecule has 2 unspecified atom stereocenters. The summed E-state index contributed by atoms with van der Waals surface area (Å²) in [6, 6.07) is 16.0. The highest BCUT2D eigenvalue weighted by Crippen LogP contribution is 2.31. The maximum atomic E-state index is 13.1. The first-order valence-electron chi connectivity index (χ1n) is 11.7. The molecule has 5 rings (SSSR count). The van der Waals surface area contributed by atoms with E-state index in [1.54, 1.807) is 17.6 Å². The van der Waals surface area contributed by atoms with Gasteiger partial charge in [-0.15, -0.1) is 11.3 Å². The number of piperidine rings is 1. The number of hydrogen-bond donors (Lipinski definition) is 3. The molecule has 3 heterocycles. The summed E-state index contributed by atoms with van der Waals surface area (Å²) in [4.78, 5) is 19.9. The Kier molecular flexibility index (Phi) is 6.52. The van der Waals surface area contributed by atoms with Crippen molar-refractivity contribution < 1.29 is 4.79 Å². The average Bonchev–Trinajstić information content (AvgIpc) is 3.54. The summed E-state index contributed by atoms with van der Waals surface area (Å²) >= 11 is 1.42. The van der Waals surface area contributed by atoms with Crippen molar-refractivity contribution in [3.8, 4) is 10.6 Å². The Labute approximate surface area is 208 Å². The highest BCUT2D eigenvalue weighted by Gasteiger charge is 2.21. The number of carbonyl (C=O) groups is 1. The van der Waals surface area contributed by atoms with Gasteiger partial charge in [-0.3, -0.25) is 9.48 Å². The lowest BCUT2D eigenvalue weighted by Crippen LogP contribution is -2.43. The van der Waals surface area contributed by atoms with Gasteiger partial charge in [0.2, 0.25) is 0 Å². The van der Waals surface area contributed by atoms with Crippen LogP contribution < -0.4 is 21.7 Å². The second kappa shape index (κ2) is 9.89. The van der Waals surface area contributed by atoms with Crippen LogP contribution in [0.2, 0.25) is 0 Å². The molecule has 0 bridgehead atoms. The molecule has 180 valence electrons. The van der Waals surface area contributed by atoms with Gasteiger partial charge in [-0.25, -0.2) is 4.98 Å². The minimum atomic E-state index is -0.272. The van der Waals surface area contributed by atoms with Crippen LogP contribution in [0.1, 0.15) is 41.9 Å². The SMILES string of the molecule is CC(c1ccccc1)n1cc(-c2nc(C(=O)Nc3cc(N)ccc3N3CCCC(N)C3)cs2)cn1. The van der Waals surface area contributed by atoms with Crippen LogP contribution in [-0.2, 0) is 0 Å². The quantitative estimate of drug-likeness (QED) is 0.348. The number of nitrogens with one attached hydrogen (secondary N) is 1. The Bertz CT molecular complexity index is 1320. The van der Waals surface area contributed by atoms with Gasteiger partial charge in [-0.2, -0.15) is 5.10 Å². The Morgan fingerprint density at radius 3 is 2.86 bits per heavy atom. The van der Waals surface area contributed by atoms with Crippen molar-refractivity contribution in [2.75, 3.05) is 29.0 Å². The van der Waals surface area contributed by atoms with Crippen LogP contribution in [-0.4, -0.2) is 39.8 Å². The van der Waals surface area contributed by atoms with Crippen LogP contribution in [0.3, 0.4) is 0 Å². The Hall–Kier alpha value is -3.69. The molecule has 1 aliphatic heterocycles. The lowest BCUT2D eigenvalue weighted by atomic mass is 10.1. The first-order chi connectivity index (χ1) is 17.0. The number of nitrogen functional groups attached to an aromatic ring is 1. The largest absolute Gasteiger partial charge is 0.399 e. The predicted octanol–water partition coefficient (Wildman–Crippen LogP) is 4.38. The zero-order valence-electron chi connectivity index (χ0n) is 19.6. The monoisotopic (exact) mass is 487 g/mol. The number of aromatic nitrogens is 3. The molecule has 1 saturated heterocycles. The van der Waals surface area contributed by atoms with Crippen molar-refractivity contribution >= 4 is 34.3 Å². The van der Waals surface area contributed by atoms with Gasteiger partial charge in [0.1, 0.15) is 10.7 Å². The van der Waals surface area contributed by atoms with Crippen LogP contribution in [0.5, 0.6) is 0 Å². The number of rotatable bonds is 6. The van der Waals surface area contributed by atoms with Crippen molar-refractivity contribution in [1.82, 2.24) is 14.8 Å². The summed E-state index contributed by atoms with van der Waals surface area (Å²) in [6.45, 7) is 3.75. The summed E-state index contributed by atoms with van der Waals surface area (Å²) in [5.41, 5.74) is 16.8. The lowest BCUT2D eigenvalue weighted by molar-refractivity contribution is 0.102. The molecule has 2 aromatic carbocycles. The van der Waals surface area contributed by atoms with Gasteiger partial charge in [0.25, 0.3) is 5.91 Å². The highest BCUT2D eigenvalue weighted by molar-refractivity contribution is 7.13. The smallest absolute Gasteiger partial charge is 0.275 e.